The van der Waals surface area contributed by atoms with Crippen molar-refractivity contribution in [2.45, 2.75) is 20.1 Å². The Labute approximate surface area is 132 Å². The first-order chi connectivity index (χ1) is 9.70. The fourth-order valence-corrected chi connectivity index (χ4v) is 2.27. The Bertz CT molecular complexity index is 578. The molecule has 0 spiro atoms. The molecule has 0 amide bonds. The Kier molecular flexibility index (Phi) is 5.83. The largest absolute Gasteiger partial charge is 0.473 e. The van der Waals surface area contributed by atoms with Crippen molar-refractivity contribution >= 4 is 27.5 Å². The summed E-state index contributed by atoms with van der Waals surface area (Å²) in [7, 11) is 0. The Morgan fingerprint density at radius 3 is 2.85 bits per heavy atom. The number of nitrogens with one attached hydrogen (secondary N) is 1. The van der Waals surface area contributed by atoms with E-state index in [1.807, 2.05) is 30.3 Å². The molecule has 0 aliphatic carbocycles. The van der Waals surface area contributed by atoms with E-state index in [0.717, 1.165) is 22.1 Å². The van der Waals surface area contributed by atoms with Crippen LogP contribution < -0.4 is 10.1 Å². The molecule has 2 rings (SSSR count). The van der Waals surface area contributed by atoms with Gasteiger partial charge < -0.3 is 10.1 Å². The van der Waals surface area contributed by atoms with Gasteiger partial charge in [0.25, 0.3) is 0 Å². The first kappa shape index (κ1) is 15.3. The number of benzene rings is 1. The predicted molar refractivity (Wildman–Crippen MR) is 85.1 cm³/mol. The number of pyridine rings is 1. The van der Waals surface area contributed by atoms with Crippen LogP contribution in [0.4, 0.5) is 0 Å². The molecule has 5 heteroatoms. The molecule has 0 fully saturated rings. The van der Waals surface area contributed by atoms with Gasteiger partial charge in [0, 0.05) is 28.8 Å². The molecule has 0 aliphatic heterocycles. The number of nitrogens with zero attached hydrogens (tertiary/aromatic N) is 1. The number of aromatic nitrogens is 1. The molecule has 1 N–H and O–H groups in total. The summed E-state index contributed by atoms with van der Waals surface area (Å²) in [5.74, 6) is 0.582. The minimum Gasteiger partial charge on any atom is -0.473 e. The molecule has 0 bridgehead atoms. The van der Waals surface area contributed by atoms with Gasteiger partial charge in [0.2, 0.25) is 5.88 Å². The van der Waals surface area contributed by atoms with Crippen molar-refractivity contribution in [2.24, 2.45) is 0 Å². The van der Waals surface area contributed by atoms with Crippen molar-refractivity contribution in [1.82, 2.24) is 10.3 Å². The highest BCUT2D eigenvalue weighted by Gasteiger charge is 2.05. The van der Waals surface area contributed by atoms with Crippen LogP contribution in [0.25, 0.3) is 0 Å². The van der Waals surface area contributed by atoms with Crippen LogP contribution in [0.5, 0.6) is 5.88 Å². The lowest BCUT2D eigenvalue weighted by atomic mass is 10.2. The number of rotatable bonds is 6. The van der Waals surface area contributed by atoms with Gasteiger partial charge in [-0.25, -0.2) is 4.98 Å². The van der Waals surface area contributed by atoms with Crippen molar-refractivity contribution in [2.75, 3.05) is 6.54 Å². The lowest BCUT2D eigenvalue weighted by molar-refractivity contribution is 0.293. The van der Waals surface area contributed by atoms with Gasteiger partial charge in [0.1, 0.15) is 6.61 Å². The summed E-state index contributed by atoms with van der Waals surface area (Å²) in [5, 5.41) is 3.89. The number of ether oxygens (including phenoxy) is 1. The van der Waals surface area contributed by atoms with E-state index in [0.29, 0.717) is 24.1 Å². The van der Waals surface area contributed by atoms with Crippen molar-refractivity contribution in [3.05, 3.63) is 57.2 Å². The summed E-state index contributed by atoms with van der Waals surface area (Å²) in [6.07, 6.45) is 1.63. The monoisotopic (exact) mass is 354 g/mol. The zero-order chi connectivity index (χ0) is 14.4. The van der Waals surface area contributed by atoms with Crippen LogP contribution in [0.2, 0.25) is 5.02 Å². The molecule has 3 nitrogen and oxygen atoms in total. The van der Waals surface area contributed by atoms with Gasteiger partial charge in [-0.15, -0.1) is 0 Å². The molecular formula is C15H16BrClN2O. The number of halogens is 2. The molecular weight excluding hydrogens is 340 g/mol. The maximum atomic E-state index is 6.11. The zero-order valence-corrected chi connectivity index (χ0v) is 13.5. The maximum absolute atomic E-state index is 6.11. The van der Waals surface area contributed by atoms with E-state index in [1.54, 1.807) is 6.20 Å². The summed E-state index contributed by atoms with van der Waals surface area (Å²) >= 11 is 9.61. The molecule has 1 aromatic heterocycles. The van der Waals surface area contributed by atoms with E-state index in [9.17, 15) is 0 Å². The Morgan fingerprint density at radius 1 is 1.30 bits per heavy atom. The van der Waals surface area contributed by atoms with Crippen molar-refractivity contribution < 1.29 is 4.74 Å². The summed E-state index contributed by atoms with van der Waals surface area (Å²) in [6.45, 7) is 4.13. The summed E-state index contributed by atoms with van der Waals surface area (Å²) < 4.78 is 6.75. The minimum atomic E-state index is 0.469. The normalized spacial score (nSPS) is 10.6. The fourth-order valence-electron chi connectivity index (χ4n) is 1.70. The van der Waals surface area contributed by atoms with Crippen molar-refractivity contribution in [3.63, 3.8) is 0 Å². The second-order valence-corrected chi connectivity index (χ2v) is 5.54. The van der Waals surface area contributed by atoms with E-state index in [-0.39, 0.29) is 0 Å². The highest BCUT2D eigenvalue weighted by Crippen LogP contribution is 2.21. The van der Waals surface area contributed by atoms with Crippen LogP contribution in [0.15, 0.2) is 41.0 Å². The molecule has 0 aliphatic rings. The molecule has 0 saturated heterocycles. The van der Waals surface area contributed by atoms with Crippen LogP contribution in [0.3, 0.4) is 0 Å². The number of hydrogen-bond donors (Lipinski definition) is 1. The van der Waals surface area contributed by atoms with Crippen LogP contribution in [-0.2, 0) is 13.2 Å². The molecule has 2 aromatic rings. The predicted octanol–water partition coefficient (Wildman–Crippen LogP) is 4.19. The van der Waals surface area contributed by atoms with E-state index in [1.165, 1.54) is 0 Å². The van der Waals surface area contributed by atoms with E-state index in [2.05, 4.69) is 33.2 Å². The highest BCUT2D eigenvalue weighted by atomic mass is 79.9. The van der Waals surface area contributed by atoms with Gasteiger partial charge in [0.15, 0.2) is 0 Å². The van der Waals surface area contributed by atoms with Crippen molar-refractivity contribution in [3.8, 4) is 5.88 Å². The molecule has 1 heterocycles. The Morgan fingerprint density at radius 2 is 2.10 bits per heavy atom. The summed E-state index contributed by atoms with van der Waals surface area (Å²) in [4.78, 5) is 4.19. The molecule has 0 unspecified atom stereocenters. The Balaban J connectivity index is 2.04. The number of hydrogen-bond acceptors (Lipinski definition) is 3. The zero-order valence-electron chi connectivity index (χ0n) is 11.2. The molecule has 0 atom stereocenters. The quantitative estimate of drug-likeness (QED) is 0.844. The third-order valence-corrected chi connectivity index (χ3v) is 3.92. The SMILES string of the molecule is CCNCc1cc(OCc2ccccc2Br)ncc1Cl. The smallest absolute Gasteiger partial charge is 0.213 e. The van der Waals surface area contributed by atoms with Gasteiger partial charge in [-0.1, -0.05) is 52.7 Å². The maximum Gasteiger partial charge on any atom is 0.213 e. The minimum absolute atomic E-state index is 0.469. The molecule has 1 aromatic carbocycles. The van der Waals surface area contributed by atoms with E-state index < -0.39 is 0 Å². The molecule has 0 saturated carbocycles. The van der Waals surface area contributed by atoms with E-state index in [4.69, 9.17) is 16.3 Å². The molecule has 106 valence electrons. The fraction of sp³-hybridized carbons (Fsp3) is 0.267. The van der Waals surface area contributed by atoms with Crippen LogP contribution in [-0.4, -0.2) is 11.5 Å². The second-order valence-electron chi connectivity index (χ2n) is 4.27. The molecule has 0 radical (unpaired) electrons. The lowest BCUT2D eigenvalue weighted by Crippen LogP contribution is -2.12. The van der Waals surface area contributed by atoms with Crippen LogP contribution in [0.1, 0.15) is 18.1 Å². The highest BCUT2D eigenvalue weighted by molar-refractivity contribution is 9.10. The van der Waals surface area contributed by atoms with Gasteiger partial charge in [-0.2, -0.15) is 0 Å². The average Bonchev–Trinajstić information content (AvgIpc) is 2.46. The van der Waals surface area contributed by atoms with Gasteiger partial charge in [-0.3, -0.25) is 0 Å². The third-order valence-electron chi connectivity index (χ3n) is 2.81. The van der Waals surface area contributed by atoms with Gasteiger partial charge in [0.05, 0.1) is 5.02 Å². The first-order valence-corrected chi connectivity index (χ1v) is 7.59. The Hall–Kier alpha value is -1.10. The molecule has 20 heavy (non-hydrogen) atoms. The second kappa shape index (κ2) is 7.62. The van der Waals surface area contributed by atoms with Crippen LogP contribution in [0, 0.1) is 0 Å². The van der Waals surface area contributed by atoms with Gasteiger partial charge in [-0.05, 0) is 18.2 Å². The summed E-state index contributed by atoms with van der Waals surface area (Å²) in [6, 6.07) is 9.84. The summed E-state index contributed by atoms with van der Waals surface area (Å²) in [5.41, 5.74) is 2.07. The first-order valence-electron chi connectivity index (χ1n) is 6.42. The van der Waals surface area contributed by atoms with E-state index >= 15 is 0 Å². The van der Waals surface area contributed by atoms with Gasteiger partial charge >= 0.3 is 0 Å². The topological polar surface area (TPSA) is 34.1 Å². The van der Waals surface area contributed by atoms with Crippen LogP contribution >= 0.6 is 27.5 Å². The van der Waals surface area contributed by atoms with Crippen molar-refractivity contribution in [1.29, 1.82) is 0 Å². The lowest BCUT2D eigenvalue weighted by Gasteiger charge is -2.10. The third kappa shape index (κ3) is 4.20. The average molecular weight is 356 g/mol. The standard InChI is InChI=1S/C15H16BrClN2O/c1-2-18-8-12-7-15(19-9-14(12)17)20-10-11-5-3-4-6-13(11)16/h3-7,9,18H,2,8,10H2,1H3.